The molecule has 0 radical (unpaired) electrons. The molecule has 8 nitrogen and oxygen atoms in total. The first kappa shape index (κ1) is 17.6. The highest BCUT2D eigenvalue weighted by Crippen LogP contribution is 2.30. The largest absolute Gasteiger partial charge is 0.376 e. The molecule has 2 saturated heterocycles. The van der Waals surface area contributed by atoms with E-state index < -0.39 is 5.54 Å². The van der Waals surface area contributed by atoms with Crippen LogP contribution in [0.25, 0.3) is 11.0 Å². The van der Waals surface area contributed by atoms with Gasteiger partial charge in [-0.25, -0.2) is 0 Å². The van der Waals surface area contributed by atoms with Crippen molar-refractivity contribution in [2.75, 3.05) is 31.2 Å². The zero-order valence-corrected chi connectivity index (χ0v) is 15.2. The SMILES string of the molecule is C[C@H]1C[C@@H](NC(=O)C2(N)COC2)CN(c2ccc(C#N)c3nccnc23)C1. The molecule has 1 aromatic heterocycles. The van der Waals surface area contributed by atoms with Gasteiger partial charge in [-0.05, 0) is 24.5 Å². The van der Waals surface area contributed by atoms with Crippen LogP contribution >= 0.6 is 0 Å². The van der Waals surface area contributed by atoms with E-state index in [0.29, 0.717) is 29.1 Å². The molecule has 0 spiro atoms. The van der Waals surface area contributed by atoms with Gasteiger partial charge in [-0.3, -0.25) is 14.8 Å². The van der Waals surface area contributed by atoms with Crippen LogP contribution in [0.2, 0.25) is 0 Å². The molecule has 1 amide bonds. The molecular weight excluding hydrogens is 344 g/mol. The second kappa shape index (κ2) is 6.76. The molecular formula is C19H22N6O2. The summed E-state index contributed by atoms with van der Waals surface area (Å²) in [5.41, 5.74) is 7.89. The summed E-state index contributed by atoms with van der Waals surface area (Å²) in [6.45, 7) is 4.19. The Kier molecular flexibility index (Phi) is 4.42. The summed E-state index contributed by atoms with van der Waals surface area (Å²) in [6.07, 6.45) is 4.11. The minimum atomic E-state index is -0.905. The highest BCUT2D eigenvalue weighted by atomic mass is 16.5. The Labute approximate surface area is 157 Å². The number of amides is 1. The highest BCUT2D eigenvalue weighted by Gasteiger charge is 2.43. The number of nitrogens with one attached hydrogen (secondary N) is 1. The second-order valence-corrected chi connectivity index (χ2v) is 7.56. The number of nitrogens with zero attached hydrogens (tertiary/aromatic N) is 4. The van der Waals surface area contributed by atoms with E-state index in [4.69, 9.17) is 10.5 Å². The average molecular weight is 366 g/mol. The molecule has 4 rings (SSSR count). The van der Waals surface area contributed by atoms with Crippen molar-refractivity contribution in [2.24, 2.45) is 11.7 Å². The summed E-state index contributed by atoms with van der Waals surface area (Å²) in [7, 11) is 0. The van der Waals surface area contributed by atoms with Crippen LogP contribution < -0.4 is 16.0 Å². The van der Waals surface area contributed by atoms with Crippen molar-refractivity contribution < 1.29 is 9.53 Å². The van der Waals surface area contributed by atoms with Crippen molar-refractivity contribution in [1.82, 2.24) is 15.3 Å². The Morgan fingerprint density at radius 1 is 1.33 bits per heavy atom. The topological polar surface area (TPSA) is 117 Å². The van der Waals surface area contributed by atoms with E-state index in [1.54, 1.807) is 18.5 Å². The number of carbonyl (C=O) groups excluding carboxylic acids is 1. The van der Waals surface area contributed by atoms with Crippen LogP contribution in [0, 0.1) is 17.2 Å². The molecule has 0 aliphatic carbocycles. The van der Waals surface area contributed by atoms with Crippen molar-refractivity contribution in [3.8, 4) is 6.07 Å². The lowest BCUT2D eigenvalue weighted by Gasteiger charge is -2.41. The van der Waals surface area contributed by atoms with Crippen molar-refractivity contribution in [1.29, 1.82) is 5.26 Å². The molecule has 140 valence electrons. The minimum Gasteiger partial charge on any atom is -0.376 e. The van der Waals surface area contributed by atoms with Gasteiger partial charge in [-0.1, -0.05) is 6.92 Å². The van der Waals surface area contributed by atoms with Gasteiger partial charge in [0.15, 0.2) is 0 Å². The lowest BCUT2D eigenvalue weighted by atomic mass is 9.92. The molecule has 0 bridgehead atoms. The van der Waals surface area contributed by atoms with Gasteiger partial charge in [0.1, 0.15) is 22.6 Å². The van der Waals surface area contributed by atoms with Gasteiger partial charge >= 0.3 is 0 Å². The fourth-order valence-electron chi connectivity index (χ4n) is 3.82. The molecule has 3 heterocycles. The highest BCUT2D eigenvalue weighted by molar-refractivity contribution is 5.92. The molecule has 0 saturated carbocycles. The first-order valence-corrected chi connectivity index (χ1v) is 9.06. The van der Waals surface area contributed by atoms with Gasteiger partial charge in [-0.2, -0.15) is 5.26 Å². The van der Waals surface area contributed by atoms with E-state index in [1.165, 1.54) is 0 Å². The number of hydrogen-bond donors (Lipinski definition) is 2. The van der Waals surface area contributed by atoms with Crippen LogP contribution in [-0.2, 0) is 9.53 Å². The van der Waals surface area contributed by atoms with Crippen LogP contribution in [-0.4, -0.2) is 53.8 Å². The monoisotopic (exact) mass is 366 g/mol. The maximum absolute atomic E-state index is 12.5. The number of carbonyl (C=O) groups is 1. The Hall–Kier alpha value is -2.76. The second-order valence-electron chi connectivity index (χ2n) is 7.56. The van der Waals surface area contributed by atoms with Gasteiger partial charge in [0.2, 0.25) is 5.91 Å². The molecule has 3 N–H and O–H groups in total. The third kappa shape index (κ3) is 3.20. The van der Waals surface area contributed by atoms with E-state index in [9.17, 15) is 10.1 Å². The lowest BCUT2D eigenvalue weighted by Crippen LogP contribution is -2.68. The number of anilines is 1. The summed E-state index contributed by atoms with van der Waals surface area (Å²) in [5, 5.41) is 12.4. The van der Waals surface area contributed by atoms with Crippen LogP contribution in [0.15, 0.2) is 24.5 Å². The van der Waals surface area contributed by atoms with Gasteiger partial charge in [0.25, 0.3) is 0 Å². The quantitative estimate of drug-likeness (QED) is 0.815. The molecule has 2 aromatic rings. The first-order chi connectivity index (χ1) is 13.0. The normalized spacial score (nSPS) is 24.1. The average Bonchev–Trinajstić information content (AvgIpc) is 2.64. The number of nitriles is 1. The molecule has 0 unspecified atom stereocenters. The zero-order valence-electron chi connectivity index (χ0n) is 15.2. The number of aromatic nitrogens is 2. The number of hydrogen-bond acceptors (Lipinski definition) is 7. The van der Waals surface area contributed by atoms with Crippen LogP contribution in [0.1, 0.15) is 18.9 Å². The van der Waals surface area contributed by atoms with E-state index in [0.717, 1.165) is 18.7 Å². The molecule has 2 aliphatic heterocycles. The molecule has 2 aliphatic rings. The molecule has 27 heavy (non-hydrogen) atoms. The van der Waals surface area contributed by atoms with Crippen molar-refractivity contribution in [3.05, 3.63) is 30.1 Å². The van der Waals surface area contributed by atoms with Crippen molar-refractivity contribution >= 4 is 22.6 Å². The summed E-state index contributed by atoms with van der Waals surface area (Å²) in [5.74, 6) is 0.232. The molecule has 2 atom stereocenters. The lowest BCUT2D eigenvalue weighted by molar-refractivity contribution is -0.144. The molecule has 2 fully saturated rings. The number of ether oxygens (including phenoxy) is 1. The van der Waals surface area contributed by atoms with Gasteiger partial charge in [0.05, 0.1) is 24.5 Å². The van der Waals surface area contributed by atoms with Gasteiger partial charge < -0.3 is 20.7 Å². The number of nitrogens with two attached hydrogens (primary N) is 1. The fourth-order valence-corrected chi connectivity index (χ4v) is 3.82. The summed E-state index contributed by atoms with van der Waals surface area (Å²) >= 11 is 0. The number of fused-ring (bicyclic) bond motifs is 1. The van der Waals surface area contributed by atoms with E-state index >= 15 is 0 Å². The standard InChI is InChI=1S/C19H22N6O2/c1-12-6-14(24-18(26)19(21)10-27-11-19)9-25(8-12)15-3-2-13(7-20)16-17(15)23-5-4-22-16/h2-5,12,14H,6,8-11,21H2,1H3,(H,24,26)/t12-,14+/m0/s1. The van der Waals surface area contributed by atoms with E-state index in [-0.39, 0.29) is 25.2 Å². The smallest absolute Gasteiger partial charge is 0.245 e. The fraction of sp³-hybridized carbons (Fsp3) is 0.474. The molecule has 8 heteroatoms. The number of benzene rings is 1. The Balaban J connectivity index is 1.60. The Bertz CT molecular complexity index is 920. The van der Waals surface area contributed by atoms with Crippen molar-refractivity contribution in [3.63, 3.8) is 0 Å². The summed E-state index contributed by atoms with van der Waals surface area (Å²) < 4.78 is 5.09. The maximum Gasteiger partial charge on any atom is 0.245 e. The third-order valence-corrected chi connectivity index (χ3v) is 5.23. The predicted molar refractivity (Wildman–Crippen MR) is 99.9 cm³/mol. The van der Waals surface area contributed by atoms with Crippen LogP contribution in [0.5, 0.6) is 0 Å². The maximum atomic E-state index is 12.5. The first-order valence-electron chi connectivity index (χ1n) is 9.06. The Morgan fingerprint density at radius 3 is 2.74 bits per heavy atom. The van der Waals surface area contributed by atoms with Gasteiger partial charge in [-0.15, -0.1) is 0 Å². The van der Waals surface area contributed by atoms with E-state index in [1.807, 2.05) is 6.07 Å². The van der Waals surface area contributed by atoms with Crippen molar-refractivity contribution in [2.45, 2.75) is 24.9 Å². The third-order valence-electron chi connectivity index (χ3n) is 5.23. The van der Waals surface area contributed by atoms with Gasteiger partial charge in [0, 0.05) is 31.5 Å². The number of rotatable bonds is 3. The molecule has 1 aromatic carbocycles. The Morgan fingerprint density at radius 2 is 2.07 bits per heavy atom. The summed E-state index contributed by atoms with van der Waals surface area (Å²) in [4.78, 5) is 23.5. The van der Waals surface area contributed by atoms with Crippen LogP contribution in [0.3, 0.4) is 0 Å². The summed E-state index contributed by atoms with van der Waals surface area (Å²) in [6, 6.07) is 5.85. The van der Waals surface area contributed by atoms with E-state index in [2.05, 4.69) is 33.2 Å². The zero-order chi connectivity index (χ0) is 19.0. The predicted octanol–water partition coefficient (Wildman–Crippen LogP) is 0.560. The number of piperidine rings is 1. The minimum absolute atomic E-state index is 0.00959. The van der Waals surface area contributed by atoms with Crippen LogP contribution in [0.4, 0.5) is 5.69 Å².